The highest BCUT2D eigenvalue weighted by atomic mass is 79.9. The van der Waals surface area contributed by atoms with Crippen LogP contribution in [0.1, 0.15) is 43.2 Å². The molecule has 0 radical (unpaired) electrons. The molecular formula is C34H35BrN2O3. The molecule has 4 aromatic carbocycles. The molecule has 1 aliphatic rings. The number of rotatable bonds is 10. The number of fused-ring (bicyclic) bond motifs is 1. The van der Waals surface area contributed by atoms with E-state index in [1.54, 1.807) is 4.90 Å². The first kappa shape index (κ1) is 27.9. The molecule has 0 unspecified atom stereocenters. The molecule has 2 amide bonds. The zero-order valence-electron chi connectivity index (χ0n) is 22.6. The Balaban J connectivity index is 1.43. The summed E-state index contributed by atoms with van der Waals surface area (Å²) in [5.41, 5.74) is 1.95. The van der Waals surface area contributed by atoms with Crippen LogP contribution >= 0.6 is 15.9 Å². The number of ether oxygens (including phenoxy) is 1. The molecule has 1 N–H and O–H groups in total. The van der Waals surface area contributed by atoms with Crippen molar-refractivity contribution in [3.8, 4) is 5.75 Å². The molecule has 0 aliphatic heterocycles. The van der Waals surface area contributed by atoms with Gasteiger partial charge in [0, 0.05) is 28.9 Å². The van der Waals surface area contributed by atoms with Crippen LogP contribution in [0.25, 0.3) is 10.8 Å². The molecule has 6 heteroatoms. The number of hydrogen-bond donors (Lipinski definition) is 1. The van der Waals surface area contributed by atoms with Gasteiger partial charge in [0.05, 0.1) is 0 Å². The number of hydrogen-bond acceptors (Lipinski definition) is 3. The summed E-state index contributed by atoms with van der Waals surface area (Å²) in [5, 5.41) is 5.29. The van der Waals surface area contributed by atoms with Gasteiger partial charge in [-0.15, -0.1) is 0 Å². The molecule has 0 aromatic heterocycles. The lowest BCUT2D eigenvalue weighted by Gasteiger charge is -2.33. The van der Waals surface area contributed by atoms with Gasteiger partial charge in [0.15, 0.2) is 6.61 Å². The summed E-state index contributed by atoms with van der Waals surface area (Å²) < 4.78 is 7.05. The zero-order chi connectivity index (χ0) is 27.7. The third-order valence-corrected chi connectivity index (χ3v) is 8.06. The van der Waals surface area contributed by atoms with Gasteiger partial charge in [0.1, 0.15) is 11.8 Å². The number of nitrogens with one attached hydrogen (secondary N) is 1. The monoisotopic (exact) mass is 598 g/mol. The van der Waals surface area contributed by atoms with Crippen LogP contribution in [0.15, 0.2) is 102 Å². The van der Waals surface area contributed by atoms with Gasteiger partial charge in [0.25, 0.3) is 5.91 Å². The Hall–Kier alpha value is -3.64. The summed E-state index contributed by atoms with van der Waals surface area (Å²) in [6, 6.07) is 31.0. The van der Waals surface area contributed by atoms with Crippen LogP contribution in [0.5, 0.6) is 5.75 Å². The minimum atomic E-state index is -0.674. The molecule has 0 heterocycles. The second-order valence-corrected chi connectivity index (χ2v) is 11.4. The van der Waals surface area contributed by atoms with Gasteiger partial charge in [-0.05, 0) is 47.6 Å². The summed E-state index contributed by atoms with van der Waals surface area (Å²) >= 11 is 3.55. The van der Waals surface area contributed by atoms with E-state index in [9.17, 15) is 9.59 Å². The average Bonchev–Trinajstić information content (AvgIpc) is 2.98. The van der Waals surface area contributed by atoms with E-state index >= 15 is 0 Å². The largest absolute Gasteiger partial charge is 0.483 e. The lowest BCUT2D eigenvalue weighted by molar-refractivity contribution is -0.143. The SMILES string of the molecule is O=C(NC1CCCCC1)[C@@H](Cc1ccccc1)N(Cc1cccc(Br)c1)C(=O)COc1cccc2ccccc12. The standard InChI is InChI=1S/C34H35BrN2O3/c35-28-16-9-13-26(21-28)23-37(33(38)24-40-32-20-10-15-27-14-7-8-19-30(27)32)31(22-25-11-3-1-4-12-25)34(39)36-29-17-5-2-6-18-29/h1,3-4,7-16,19-21,29,31H,2,5-6,17-18,22-24H2,(H,36,39)/t31-/m1/s1. The summed E-state index contributed by atoms with van der Waals surface area (Å²) in [6.07, 6.45) is 5.83. The number of carbonyl (C=O) groups is 2. The minimum Gasteiger partial charge on any atom is -0.483 e. The molecule has 0 bridgehead atoms. The van der Waals surface area contributed by atoms with Crippen molar-refractivity contribution in [2.45, 2.75) is 57.2 Å². The smallest absolute Gasteiger partial charge is 0.261 e. The van der Waals surface area contributed by atoms with E-state index in [0.717, 1.165) is 52.1 Å². The van der Waals surface area contributed by atoms with Crippen LogP contribution in [0.3, 0.4) is 0 Å². The molecule has 206 valence electrons. The Labute approximate surface area is 244 Å². The molecule has 5 rings (SSSR count). The van der Waals surface area contributed by atoms with Crippen LogP contribution in [0.2, 0.25) is 0 Å². The van der Waals surface area contributed by atoms with Crippen molar-refractivity contribution in [3.63, 3.8) is 0 Å². The van der Waals surface area contributed by atoms with Gasteiger partial charge in [-0.1, -0.05) is 114 Å². The highest BCUT2D eigenvalue weighted by Gasteiger charge is 2.32. The molecule has 40 heavy (non-hydrogen) atoms. The summed E-state index contributed by atoms with van der Waals surface area (Å²) in [6.45, 7) is 0.136. The second kappa shape index (κ2) is 13.6. The Morgan fingerprint density at radius 2 is 1.55 bits per heavy atom. The van der Waals surface area contributed by atoms with Crippen molar-refractivity contribution < 1.29 is 14.3 Å². The molecular weight excluding hydrogens is 564 g/mol. The fraction of sp³-hybridized carbons (Fsp3) is 0.294. The molecule has 5 nitrogen and oxygen atoms in total. The predicted molar refractivity (Wildman–Crippen MR) is 163 cm³/mol. The number of amides is 2. The van der Waals surface area contributed by atoms with E-state index in [4.69, 9.17) is 4.74 Å². The number of benzene rings is 4. The van der Waals surface area contributed by atoms with Gasteiger partial charge < -0.3 is 15.0 Å². The first-order valence-corrected chi connectivity index (χ1v) is 14.8. The van der Waals surface area contributed by atoms with E-state index in [-0.39, 0.29) is 24.5 Å². The van der Waals surface area contributed by atoms with E-state index in [1.807, 2.05) is 97.1 Å². The van der Waals surface area contributed by atoms with Gasteiger partial charge in [0.2, 0.25) is 5.91 Å². The van der Waals surface area contributed by atoms with Crippen LogP contribution in [0.4, 0.5) is 0 Å². The van der Waals surface area contributed by atoms with Crippen molar-refractivity contribution in [2.75, 3.05) is 6.61 Å². The number of carbonyl (C=O) groups excluding carboxylic acids is 2. The van der Waals surface area contributed by atoms with Gasteiger partial charge in [-0.25, -0.2) is 0 Å². The summed E-state index contributed by atoms with van der Waals surface area (Å²) in [5.74, 6) is 0.317. The van der Waals surface area contributed by atoms with Crippen molar-refractivity contribution in [2.24, 2.45) is 0 Å². The Morgan fingerprint density at radius 3 is 2.35 bits per heavy atom. The van der Waals surface area contributed by atoms with Gasteiger partial charge >= 0.3 is 0 Å². The molecule has 0 saturated heterocycles. The Bertz CT molecular complexity index is 1430. The van der Waals surface area contributed by atoms with Gasteiger partial charge in [-0.3, -0.25) is 9.59 Å². The molecule has 0 spiro atoms. The summed E-state index contributed by atoms with van der Waals surface area (Å²) in [4.78, 5) is 29.6. The molecule has 4 aromatic rings. The van der Waals surface area contributed by atoms with Crippen LogP contribution < -0.4 is 10.1 Å². The lowest BCUT2D eigenvalue weighted by atomic mass is 9.94. The second-order valence-electron chi connectivity index (χ2n) is 10.5. The third-order valence-electron chi connectivity index (χ3n) is 7.57. The first-order chi connectivity index (χ1) is 19.6. The van der Waals surface area contributed by atoms with Crippen molar-refractivity contribution >= 4 is 38.5 Å². The fourth-order valence-corrected chi connectivity index (χ4v) is 5.92. The minimum absolute atomic E-state index is 0.107. The maximum absolute atomic E-state index is 14.0. The average molecular weight is 600 g/mol. The third kappa shape index (κ3) is 7.30. The van der Waals surface area contributed by atoms with Crippen molar-refractivity contribution in [3.05, 3.63) is 113 Å². The highest BCUT2D eigenvalue weighted by Crippen LogP contribution is 2.26. The van der Waals surface area contributed by atoms with Crippen molar-refractivity contribution in [1.29, 1.82) is 0 Å². The van der Waals surface area contributed by atoms with E-state index in [0.29, 0.717) is 18.7 Å². The Morgan fingerprint density at radius 1 is 0.850 bits per heavy atom. The van der Waals surface area contributed by atoms with E-state index in [1.165, 1.54) is 6.42 Å². The fourth-order valence-electron chi connectivity index (χ4n) is 5.47. The molecule has 1 aliphatic carbocycles. The maximum Gasteiger partial charge on any atom is 0.261 e. The quantitative estimate of drug-likeness (QED) is 0.212. The van der Waals surface area contributed by atoms with Gasteiger partial charge in [-0.2, -0.15) is 0 Å². The van der Waals surface area contributed by atoms with Crippen LogP contribution in [-0.4, -0.2) is 35.4 Å². The molecule has 1 saturated carbocycles. The zero-order valence-corrected chi connectivity index (χ0v) is 24.2. The van der Waals surface area contributed by atoms with Crippen LogP contribution in [-0.2, 0) is 22.6 Å². The van der Waals surface area contributed by atoms with E-state index < -0.39 is 6.04 Å². The molecule has 1 atom stereocenters. The lowest BCUT2D eigenvalue weighted by Crippen LogP contribution is -2.53. The summed E-state index contributed by atoms with van der Waals surface area (Å²) in [7, 11) is 0. The van der Waals surface area contributed by atoms with E-state index in [2.05, 4.69) is 21.2 Å². The topological polar surface area (TPSA) is 58.6 Å². The Kier molecular flexibility index (Phi) is 9.50. The predicted octanol–water partition coefficient (Wildman–Crippen LogP) is 7.07. The number of halogens is 1. The normalized spacial score (nSPS) is 14.4. The maximum atomic E-state index is 14.0. The van der Waals surface area contributed by atoms with Crippen molar-refractivity contribution in [1.82, 2.24) is 10.2 Å². The first-order valence-electron chi connectivity index (χ1n) is 14.1. The number of nitrogens with zero attached hydrogens (tertiary/aromatic N) is 1. The molecule has 1 fully saturated rings. The highest BCUT2D eigenvalue weighted by molar-refractivity contribution is 9.10. The van der Waals surface area contributed by atoms with Crippen LogP contribution in [0, 0.1) is 0 Å².